The molecule has 0 spiro atoms. The molecule has 7 heteroatoms. The Kier molecular flexibility index (Phi) is 7.43. The first-order valence-electron chi connectivity index (χ1n) is 9.10. The van der Waals surface area contributed by atoms with Crippen molar-refractivity contribution in [1.29, 1.82) is 0 Å². The first kappa shape index (κ1) is 20.7. The van der Waals surface area contributed by atoms with Gasteiger partial charge in [0.05, 0.1) is 12.6 Å². The van der Waals surface area contributed by atoms with Crippen LogP contribution in [0, 0.1) is 5.92 Å². The van der Waals surface area contributed by atoms with Crippen molar-refractivity contribution in [3.63, 3.8) is 0 Å². The molecule has 144 valence electrons. The van der Waals surface area contributed by atoms with E-state index in [0.717, 1.165) is 18.1 Å². The molecule has 6 nitrogen and oxygen atoms in total. The normalized spacial score (nSPS) is 17.8. The molecule has 0 radical (unpaired) electrons. The molecule has 3 N–H and O–H groups in total. The number of nitrogens with two attached hydrogens (primary N) is 1. The van der Waals surface area contributed by atoms with Crippen LogP contribution < -0.4 is 11.1 Å². The van der Waals surface area contributed by atoms with Crippen molar-refractivity contribution in [3.05, 3.63) is 34.9 Å². The van der Waals surface area contributed by atoms with Gasteiger partial charge in [-0.3, -0.25) is 14.5 Å². The topological polar surface area (TPSA) is 78.7 Å². The second-order valence-electron chi connectivity index (χ2n) is 7.13. The van der Waals surface area contributed by atoms with Gasteiger partial charge in [0, 0.05) is 37.2 Å². The summed E-state index contributed by atoms with van der Waals surface area (Å²) in [7, 11) is 0. The SMILES string of the molecule is CC(C)[C@H](N)C(=O)NCC(=O)N1CCN(C(C)c2ccc(Cl)cc2)CC1. The average molecular weight is 381 g/mol. The lowest BCUT2D eigenvalue weighted by Crippen LogP contribution is -2.53. The minimum absolute atomic E-state index is 0.00594. The number of benzene rings is 1. The van der Waals surface area contributed by atoms with E-state index in [2.05, 4.69) is 17.1 Å². The highest BCUT2D eigenvalue weighted by atomic mass is 35.5. The number of nitrogens with zero attached hydrogens (tertiary/aromatic N) is 2. The molecule has 1 aliphatic heterocycles. The van der Waals surface area contributed by atoms with Crippen molar-refractivity contribution in [2.24, 2.45) is 11.7 Å². The number of halogens is 1. The molecule has 1 aromatic rings. The average Bonchev–Trinajstić information content (AvgIpc) is 2.65. The number of hydrogen-bond donors (Lipinski definition) is 2. The van der Waals surface area contributed by atoms with Gasteiger partial charge in [-0.1, -0.05) is 37.6 Å². The Morgan fingerprint density at radius 1 is 1.12 bits per heavy atom. The first-order valence-corrected chi connectivity index (χ1v) is 9.48. The van der Waals surface area contributed by atoms with Gasteiger partial charge >= 0.3 is 0 Å². The second-order valence-corrected chi connectivity index (χ2v) is 7.57. The maximum atomic E-state index is 12.3. The Balaban J connectivity index is 1.79. The molecule has 0 saturated carbocycles. The molecule has 2 amide bonds. The fourth-order valence-electron chi connectivity index (χ4n) is 3.01. The molecule has 1 aliphatic rings. The van der Waals surface area contributed by atoms with Crippen LogP contribution in [0.2, 0.25) is 5.02 Å². The van der Waals surface area contributed by atoms with E-state index < -0.39 is 6.04 Å². The zero-order chi connectivity index (χ0) is 19.3. The third-order valence-corrected chi connectivity index (χ3v) is 5.25. The van der Waals surface area contributed by atoms with Crippen LogP contribution in [-0.4, -0.2) is 60.4 Å². The quantitative estimate of drug-likeness (QED) is 0.786. The summed E-state index contributed by atoms with van der Waals surface area (Å²) in [6, 6.07) is 7.57. The lowest BCUT2D eigenvalue weighted by atomic mass is 10.1. The molecule has 1 saturated heterocycles. The van der Waals surface area contributed by atoms with Gasteiger partial charge in [-0.2, -0.15) is 0 Å². The third kappa shape index (κ3) is 5.43. The van der Waals surface area contributed by atoms with E-state index in [1.54, 1.807) is 4.90 Å². The van der Waals surface area contributed by atoms with E-state index in [1.807, 2.05) is 38.1 Å². The number of carbonyl (C=O) groups excluding carboxylic acids is 2. The van der Waals surface area contributed by atoms with Gasteiger partial charge in [0.25, 0.3) is 0 Å². The first-order chi connectivity index (χ1) is 12.3. The van der Waals surface area contributed by atoms with E-state index in [0.29, 0.717) is 13.1 Å². The van der Waals surface area contributed by atoms with Crippen LogP contribution in [0.5, 0.6) is 0 Å². The van der Waals surface area contributed by atoms with Crippen molar-refractivity contribution >= 4 is 23.4 Å². The third-order valence-electron chi connectivity index (χ3n) is 5.00. The maximum Gasteiger partial charge on any atom is 0.242 e. The molecule has 26 heavy (non-hydrogen) atoms. The predicted octanol–water partition coefficient (Wildman–Crippen LogP) is 1.64. The molecule has 2 rings (SSSR count). The van der Waals surface area contributed by atoms with Crippen LogP contribution in [0.1, 0.15) is 32.4 Å². The summed E-state index contributed by atoms with van der Waals surface area (Å²) >= 11 is 5.95. The lowest BCUT2D eigenvalue weighted by Gasteiger charge is -2.38. The summed E-state index contributed by atoms with van der Waals surface area (Å²) in [5.74, 6) is -0.292. The largest absolute Gasteiger partial charge is 0.346 e. The van der Waals surface area contributed by atoms with Crippen molar-refractivity contribution in [2.45, 2.75) is 32.9 Å². The van der Waals surface area contributed by atoms with Gasteiger partial charge in [0.1, 0.15) is 0 Å². The molecule has 2 atom stereocenters. The van der Waals surface area contributed by atoms with Gasteiger partial charge in [-0.05, 0) is 30.5 Å². The molecule has 0 bridgehead atoms. The minimum atomic E-state index is -0.583. The molecule has 1 heterocycles. The van der Waals surface area contributed by atoms with E-state index in [1.165, 1.54) is 5.56 Å². The van der Waals surface area contributed by atoms with Crippen molar-refractivity contribution < 1.29 is 9.59 Å². The Morgan fingerprint density at radius 3 is 2.23 bits per heavy atom. The summed E-state index contributed by atoms with van der Waals surface area (Å²) in [5.41, 5.74) is 7.00. The number of rotatable bonds is 6. The van der Waals surface area contributed by atoms with Crippen LogP contribution in [0.15, 0.2) is 24.3 Å². The van der Waals surface area contributed by atoms with Gasteiger partial charge < -0.3 is 16.0 Å². The summed E-state index contributed by atoms with van der Waals surface area (Å²) in [4.78, 5) is 28.3. The van der Waals surface area contributed by atoms with Crippen molar-refractivity contribution in [3.8, 4) is 0 Å². The number of amides is 2. The summed E-state index contributed by atoms with van der Waals surface area (Å²) in [6.45, 7) is 8.84. The monoisotopic (exact) mass is 380 g/mol. The predicted molar refractivity (Wildman–Crippen MR) is 104 cm³/mol. The molecule has 0 aliphatic carbocycles. The van der Waals surface area contributed by atoms with Crippen LogP contribution >= 0.6 is 11.6 Å². The van der Waals surface area contributed by atoms with Crippen LogP contribution in [0.3, 0.4) is 0 Å². The van der Waals surface area contributed by atoms with E-state index >= 15 is 0 Å². The van der Waals surface area contributed by atoms with Crippen LogP contribution in [-0.2, 0) is 9.59 Å². The standard InChI is InChI=1S/C19H29ClN4O2/c1-13(2)18(21)19(26)22-12-17(25)24-10-8-23(9-11-24)14(3)15-4-6-16(20)7-5-15/h4-7,13-14,18H,8-12,21H2,1-3H3,(H,22,26)/t14?,18-/m0/s1. The van der Waals surface area contributed by atoms with Gasteiger partial charge in [0.2, 0.25) is 11.8 Å². The van der Waals surface area contributed by atoms with Crippen LogP contribution in [0.25, 0.3) is 0 Å². The maximum absolute atomic E-state index is 12.3. The highest BCUT2D eigenvalue weighted by Gasteiger charge is 2.25. The van der Waals surface area contributed by atoms with Gasteiger partial charge in [-0.25, -0.2) is 0 Å². The Labute approximate surface area is 160 Å². The highest BCUT2D eigenvalue weighted by Crippen LogP contribution is 2.23. The summed E-state index contributed by atoms with van der Waals surface area (Å²) < 4.78 is 0. The molecular weight excluding hydrogens is 352 g/mol. The minimum Gasteiger partial charge on any atom is -0.346 e. The molecule has 0 aromatic heterocycles. The van der Waals surface area contributed by atoms with E-state index in [-0.39, 0.29) is 30.3 Å². The second kappa shape index (κ2) is 9.35. The zero-order valence-electron chi connectivity index (χ0n) is 15.7. The molecule has 1 unspecified atom stereocenters. The van der Waals surface area contributed by atoms with Crippen molar-refractivity contribution in [1.82, 2.24) is 15.1 Å². The fourth-order valence-corrected chi connectivity index (χ4v) is 3.13. The van der Waals surface area contributed by atoms with Crippen LogP contribution in [0.4, 0.5) is 0 Å². The van der Waals surface area contributed by atoms with E-state index in [4.69, 9.17) is 17.3 Å². The number of carbonyl (C=O) groups is 2. The Bertz CT molecular complexity index is 612. The lowest BCUT2D eigenvalue weighted by molar-refractivity contribution is -0.135. The molecular formula is C19H29ClN4O2. The number of piperazine rings is 1. The zero-order valence-corrected chi connectivity index (χ0v) is 16.5. The number of hydrogen-bond acceptors (Lipinski definition) is 4. The van der Waals surface area contributed by atoms with Gasteiger partial charge in [0.15, 0.2) is 0 Å². The fraction of sp³-hybridized carbons (Fsp3) is 0.579. The van der Waals surface area contributed by atoms with Gasteiger partial charge in [-0.15, -0.1) is 0 Å². The van der Waals surface area contributed by atoms with E-state index in [9.17, 15) is 9.59 Å². The highest BCUT2D eigenvalue weighted by molar-refractivity contribution is 6.30. The summed E-state index contributed by atoms with van der Waals surface area (Å²) in [6.07, 6.45) is 0. The van der Waals surface area contributed by atoms with Crippen molar-refractivity contribution in [2.75, 3.05) is 32.7 Å². The number of nitrogens with one attached hydrogen (secondary N) is 1. The summed E-state index contributed by atoms with van der Waals surface area (Å²) in [5, 5.41) is 3.38. The Hall–Kier alpha value is -1.63. The molecule has 1 fully saturated rings. The molecule has 1 aromatic carbocycles. The Morgan fingerprint density at radius 2 is 1.69 bits per heavy atom. The smallest absolute Gasteiger partial charge is 0.242 e.